The number of amides is 1. The third-order valence-electron chi connectivity index (χ3n) is 2.46. The second-order valence-electron chi connectivity index (χ2n) is 3.91. The Morgan fingerprint density at radius 2 is 2.31 bits per heavy atom. The topological polar surface area (TPSA) is 80.0 Å². The van der Waals surface area contributed by atoms with E-state index in [1.165, 1.54) is 17.3 Å². The zero-order valence-electron chi connectivity index (χ0n) is 9.63. The minimum Gasteiger partial charge on any atom is -0.396 e. The van der Waals surface area contributed by atoms with E-state index in [-0.39, 0.29) is 24.5 Å². The molecule has 16 heavy (non-hydrogen) atoms. The molecular weight excluding hydrogens is 208 g/mol. The maximum Gasteiger partial charge on any atom is 0.244 e. The number of nitrogens with zero attached hydrogens (tertiary/aromatic N) is 3. The summed E-state index contributed by atoms with van der Waals surface area (Å²) in [6.45, 7) is 4.46. The van der Waals surface area contributed by atoms with Gasteiger partial charge in [-0.2, -0.15) is 5.10 Å². The second-order valence-corrected chi connectivity index (χ2v) is 3.91. The molecule has 1 aromatic heterocycles. The Hall–Kier alpha value is -1.43. The first-order chi connectivity index (χ1) is 7.65. The van der Waals surface area contributed by atoms with Crippen LogP contribution in [0.2, 0.25) is 0 Å². The molecule has 0 fully saturated rings. The zero-order chi connectivity index (χ0) is 12.0. The summed E-state index contributed by atoms with van der Waals surface area (Å²) in [7, 11) is 0. The van der Waals surface area contributed by atoms with E-state index in [4.69, 9.17) is 5.11 Å². The number of carbonyl (C=O) groups is 1. The third kappa shape index (κ3) is 3.62. The highest BCUT2D eigenvalue weighted by atomic mass is 16.3. The van der Waals surface area contributed by atoms with Crippen molar-refractivity contribution in [2.75, 3.05) is 13.2 Å². The molecule has 1 rings (SSSR count). The fourth-order valence-electron chi connectivity index (χ4n) is 1.28. The molecule has 0 aliphatic rings. The normalized spacial score (nSPS) is 14.4. The third-order valence-corrected chi connectivity index (χ3v) is 2.46. The first kappa shape index (κ1) is 12.6. The molecule has 2 atom stereocenters. The van der Waals surface area contributed by atoms with Crippen molar-refractivity contribution in [3.63, 3.8) is 0 Å². The molecule has 1 heterocycles. The van der Waals surface area contributed by atoms with Crippen LogP contribution < -0.4 is 5.32 Å². The van der Waals surface area contributed by atoms with Crippen LogP contribution in [-0.4, -0.2) is 38.9 Å². The second kappa shape index (κ2) is 6.22. The molecule has 0 aliphatic heterocycles. The molecule has 0 saturated carbocycles. The first-order valence-corrected chi connectivity index (χ1v) is 5.37. The Bertz CT molecular complexity index is 313. The van der Waals surface area contributed by atoms with E-state index in [9.17, 15) is 4.79 Å². The van der Waals surface area contributed by atoms with Crippen molar-refractivity contribution in [3.05, 3.63) is 12.7 Å². The predicted octanol–water partition coefficient (Wildman–Crippen LogP) is -0.0262. The van der Waals surface area contributed by atoms with Gasteiger partial charge in [0.15, 0.2) is 0 Å². The number of hydrogen-bond donors (Lipinski definition) is 2. The van der Waals surface area contributed by atoms with Gasteiger partial charge in [-0.1, -0.05) is 6.92 Å². The smallest absolute Gasteiger partial charge is 0.244 e. The Balaban J connectivity index is 2.35. The van der Waals surface area contributed by atoms with Crippen molar-refractivity contribution in [2.24, 2.45) is 5.92 Å². The van der Waals surface area contributed by atoms with Crippen LogP contribution in [0.15, 0.2) is 12.7 Å². The van der Waals surface area contributed by atoms with Crippen LogP contribution in [-0.2, 0) is 4.79 Å². The fourth-order valence-corrected chi connectivity index (χ4v) is 1.28. The van der Waals surface area contributed by atoms with Crippen molar-refractivity contribution in [1.82, 2.24) is 20.1 Å². The molecule has 6 heteroatoms. The van der Waals surface area contributed by atoms with Crippen LogP contribution in [0.25, 0.3) is 0 Å². The maximum absolute atomic E-state index is 11.7. The Kier molecular flexibility index (Phi) is 4.91. The van der Waals surface area contributed by atoms with Crippen molar-refractivity contribution < 1.29 is 9.90 Å². The van der Waals surface area contributed by atoms with Gasteiger partial charge in [-0.25, -0.2) is 9.67 Å². The van der Waals surface area contributed by atoms with Crippen LogP contribution in [0, 0.1) is 5.92 Å². The predicted molar refractivity (Wildman–Crippen MR) is 58.6 cm³/mol. The molecule has 0 aliphatic carbocycles. The quantitative estimate of drug-likeness (QED) is 0.714. The Morgan fingerprint density at radius 3 is 2.88 bits per heavy atom. The average molecular weight is 226 g/mol. The van der Waals surface area contributed by atoms with Crippen LogP contribution in [0.4, 0.5) is 0 Å². The van der Waals surface area contributed by atoms with Gasteiger partial charge in [0.2, 0.25) is 5.91 Å². The number of hydrogen-bond acceptors (Lipinski definition) is 4. The summed E-state index contributed by atoms with van der Waals surface area (Å²) in [5, 5.41) is 15.4. The summed E-state index contributed by atoms with van der Waals surface area (Å²) in [5.74, 6) is 0.187. The molecule has 2 N–H and O–H groups in total. The highest BCUT2D eigenvalue weighted by Gasteiger charge is 2.15. The van der Waals surface area contributed by atoms with Gasteiger partial charge >= 0.3 is 0 Å². The lowest BCUT2D eigenvalue weighted by atomic mass is 10.1. The zero-order valence-corrected chi connectivity index (χ0v) is 9.63. The van der Waals surface area contributed by atoms with E-state index in [2.05, 4.69) is 15.4 Å². The highest BCUT2D eigenvalue weighted by molar-refractivity contribution is 5.79. The van der Waals surface area contributed by atoms with E-state index in [1.54, 1.807) is 6.92 Å². The van der Waals surface area contributed by atoms with Crippen molar-refractivity contribution >= 4 is 5.91 Å². The number of nitrogens with one attached hydrogen (secondary N) is 1. The highest BCUT2D eigenvalue weighted by Crippen LogP contribution is 2.03. The average Bonchev–Trinajstić information content (AvgIpc) is 2.78. The van der Waals surface area contributed by atoms with Crippen molar-refractivity contribution in [2.45, 2.75) is 26.3 Å². The Morgan fingerprint density at radius 1 is 1.56 bits per heavy atom. The summed E-state index contributed by atoms with van der Waals surface area (Å²) in [6.07, 6.45) is 3.61. The van der Waals surface area contributed by atoms with Gasteiger partial charge in [-0.05, 0) is 19.3 Å². The van der Waals surface area contributed by atoms with Gasteiger partial charge < -0.3 is 10.4 Å². The molecule has 0 spiro atoms. The van der Waals surface area contributed by atoms with Crippen molar-refractivity contribution in [1.29, 1.82) is 0 Å². The number of rotatable bonds is 6. The van der Waals surface area contributed by atoms with Gasteiger partial charge in [0.1, 0.15) is 18.7 Å². The lowest BCUT2D eigenvalue weighted by molar-refractivity contribution is -0.124. The summed E-state index contributed by atoms with van der Waals surface area (Å²) < 4.78 is 1.51. The van der Waals surface area contributed by atoms with Gasteiger partial charge in [-0.15, -0.1) is 0 Å². The largest absolute Gasteiger partial charge is 0.396 e. The lowest BCUT2D eigenvalue weighted by Gasteiger charge is -2.15. The summed E-state index contributed by atoms with van der Waals surface area (Å²) in [4.78, 5) is 15.5. The van der Waals surface area contributed by atoms with E-state index < -0.39 is 0 Å². The first-order valence-electron chi connectivity index (χ1n) is 5.37. The Labute approximate surface area is 94.7 Å². The van der Waals surface area contributed by atoms with Gasteiger partial charge in [0.05, 0.1) is 0 Å². The molecule has 0 bridgehead atoms. The minimum absolute atomic E-state index is 0.0877. The van der Waals surface area contributed by atoms with Crippen LogP contribution in [0.3, 0.4) is 0 Å². The maximum atomic E-state index is 11.7. The van der Waals surface area contributed by atoms with E-state index in [0.29, 0.717) is 13.0 Å². The number of aliphatic hydroxyl groups is 1. The van der Waals surface area contributed by atoms with E-state index >= 15 is 0 Å². The SMILES string of the molecule is CC(CCO)CNC(=O)C(C)n1cncn1. The van der Waals surface area contributed by atoms with Gasteiger partial charge in [0, 0.05) is 13.2 Å². The molecule has 2 unspecified atom stereocenters. The van der Waals surface area contributed by atoms with Gasteiger partial charge in [-0.3, -0.25) is 4.79 Å². The van der Waals surface area contributed by atoms with Gasteiger partial charge in [0.25, 0.3) is 0 Å². The summed E-state index contributed by atoms with van der Waals surface area (Å²) in [6, 6.07) is -0.358. The van der Waals surface area contributed by atoms with E-state index in [0.717, 1.165) is 0 Å². The number of aromatic nitrogens is 3. The molecule has 90 valence electrons. The minimum atomic E-state index is -0.358. The molecule has 1 aromatic rings. The molecular formula is C10H18N4O2. The summed E-state index contributed by atoms with van der Waals surface area (Å²) >= 11 is 0. The number of aliphatic hydroxyl groups excluding tert-OH is 1. The number of carbonyl (C=O) groups excluding carboxylic acids is 1. The molecule has 0 saturated heterocycles. The monoisotopic (exact) mass is 226 g/mol. The molecule has 6 nitrogen and oxygen atoms in total. The van der Waals surface area contributed by atoms with Crippen molar-refractivity contribution in [3.8, 4) is 0 Å². The molecule has 0 radical (unpaired) electrons. The molecule has 0 aromatic carbocycles. The standard InChI is InChI=1S/C10H18N4O2/c1-8(3-4-15)5-12-10(16)9(2)14-7-11-6-13-14/h6-9,15H,3-5H2,1-2H3,(H,12,16). The molecule has 1 amide bonds. The van der Waals surface area contributed by atoms with Crippen LogP contribution in [0.5, 0.6) is 0 Å². The summed E-state index contributed by atoms with van der Waals surface area (Å²) in [5.41, 5.74) is 0. The lowest BCUT2D eigenvalue weighted by Crippen LogP contribution is -2.34. The van der Waals surface area contributed by atoms with E-state index in [1.807, 2.05) is 6.92 Å². The van der Waals surface area contributed by atoms with Crippen LogP contribution in [0.1, 0.15) is 26.3 Å². The fraction of sp³-hybridized carbons (Fsp3) is 0.700. The van der Waals surface area contributed by atoms with Crippen LogP contribution >= 0.6 is 0 Å².